The van der Waals surface area contributed by atoms with E-state index in [2.05, 4.69) is 20.8 Å². The molecule has 0 spiro atoms. The lowest BCUT2D eigenvalue weighted by molar-refractivity contribution is 0.0994. The van der Waals surface area contributed by atoms with Crippen molar-refractivity contribution in [2.75, 3.05) is 10.6 Å². The molecule has 2 amide bonds. The number of para-hydroxylation sites is 1. The van der Waals surface area contributed by atoms with Gasteiger partial charge in [-0.05, 0) is 48.5 Å². The van der Waals surface area contributed by atoms with Crippen LogP contribution in [0.1, 0.15) is 32.6 Å². The Kier molecular flexibility index (Phi) is 5.75. The Hall–Kier alpha value is -4.40. The summed E-state index contributed by atoms with van der Waals surface area (Å²) >= 11 is 0. The van der Waals surface area contributed by atoms with Crippen LogP contribution in [-0.2, 0) is 6.61 Å². The van der Waals surface area contributed by atoms with Crippen molar-refractivity contribution in [3.63, 3.8) is 0 Å². The van der Waals surface area contributed by atoms with Gasteiger partial charge in [0.25, 0.3) is 11.8 Å². The molecule has 2 aromatic heterocycles. The van der Waals surface area contributed by atoms with E-state index in [0.717, 1.165) is 0 Å². The average Bonchev–Trinajstić information content (AvgIpc) is 3.46. The fourth-order valence-electron chi connectivity index (χ4n) is 2.76. The first-order valence-electron chi connectivity index (χ1n) is 9.36. The molecule has 0 atom stereocenters. The first-order chi connectivity index (χ1) is 15.1. The molecule has 2 heterocycles. The summed E-state index contributed by atoms with van der Waals surface area (Å²) in [6.45, 7) is 1.76. The average molecular weight is 418 g/mol. The quantitative estimate of drug-likeness (QED) is 0.464. The minimum absolute atomic E-state index is 0.0751. The molecule has 31 heavy (non-hydrogen) atoms. The van der Waals surface area contributed by atoms with Gasteiger partial charge in [0.05, 0.1) is 11.8 Å². The predicted octanol–water partition coefficient (Wildman–Crippen LogP) is 4.05. The van der Waals surface area contributed by atoms with Crippen LogP contribution in [0.5, 0.6) is 5.75 Å². The number of amides is 2. The molecule has 4 aromatic rings. The van der Waals surface area contributed by atoms with Gasteiger partial charge in [-0.25, -0.2) is 0 Å². The maximum Gasteiger partial charge on any atom is 0.291 e. The van der Waals surface area contributed by atoms with Crippen molar-refractivity contribution < 1.29 is 23.3 Å². The summed E-state index contributed by atoms with van der Waals surface area (Å²) in [5.74, 6) is 0.736. The number of benzene rings is 2. The summed E-state index contributed by atoms with van der Waals surface area (Å²) in [6.07, 6.45) is 1.43. The number of carbonyl (C=O) groups is 2. The maximum absolute atomic E-state index is 12.7. The van der Waals surface area contributed by atoms with Crippen molar-refractivity contribution in [1.29, 1.82) is 0 Å². The Labute approximate surface area is 177 Å². The van der Waals surface area contributed by atoms with Crippen LogP contribution in [0, 0.1) is 6.92 Å². The van der Waals surface area contributed by atoms with Gasteiger partial charge in [0.2, 0.25) is 11.7 Å². The second-order valence-electron chi connectivity index (χ2n) is 6.48. The molecule has 4 rings (SSSR count). The third kappa shape index (κ3) is 4.96. The normalized spacial score (nSPS) is 10.5. The molecule has 0 aliphatic carbocycles. The topological polar surface area (TPSA) is 119 Å². The number of aromatic nitrogens is 2. The van der Waals surface area contributed by atoms with Crippen LogP contribution in [0.25, 0.3) is 0 Å². The molecule has 9 nitrogen and oxygen atoms in total. The summed E-state index contributed by atoms with van der Waals surface area (Å²) in [5, 5.41) is 9.29. The summed E-state index contributed by atoms with van der Waals surface area (Å²) in [6, 6.07) is 16.8. The Morgan fingerprint density at radius 1 is 0.935 bits per heavy atom. The number of hydrogen-bond acceptors (Lipinski definition) is 7. The van der Waals surface area contributed by atoms with Crippen LogP contribution < -0.4 is 15.4 Å². The number of carbonyl (C=O) groups excluding carboxylic acids is 2. The van der Waals surface area contributed by atoms with Crippen molar-refractivity contribution in [3.8, 4) is 5.75 Å². The number of nitrogens with one attached hydrogen (secondary N) is 2. The number of nitrogens with zero attached hydrogens (tertiary/aromatic N) is 2. The van der Waals surface area contributed by atoms with Crippen LogP contribution >= 0.6 is 0 Å². The zero-order chi connectivity index (χ0) is 21.6. The molecule has 0 radical (unpaired) electrons. The molecule has 9 heteroatoms. The second-order valence-corrected chi connectivity index (χ2v) is 6.48. The smallest absolute Gasteiger partial charge is 0.291 e. The molecular weight excluding hydrogens is 400 g/mol. The molecule has 0 fully saturated rings. The molecule has 0 aliphatic heterocycles. The van der Waals surface area contributed by atoms with E-state index in [1.165, 1.54) is 6.26 Å². The van der Waals surface area contributed by atoms with Crippen molar-refractivity contribution in [3.05, 3.63) is 90.0 Å². The lowest BCUT2D eigenvalue weighted by atomic mass is 10.1. The van der Waals surface area contributed by atoms with E-state index in [9.17, 15) is 9.59 Å². The number of ether oxygens (including phenoxy) is 1. The van der Waals surface area contributed by atoms with E-state index in [0.29, 0.717) is 34.4 Å². The summed E-state index contributed by atoms with van der Waals surface area (Å²) in [7, 11) is 0. The number of rotatable bonds is 7. The summed E-state index contributed by atoms with van der Waals surface area (Å²) in [4.78, 5) is 28.8. The van der Waals surface area contributed by atoms with Gasteiger partial charge in [-0.3, -0.25) is 9.59 Å². The molecule has 2 N–H and O–H groups in total. The van der Waals surface area contributed by atoms with Gasteiger partial charge >= 0.3 is 0 Å². The molecular formula is C22H18N4O5. The number of hydrogen-bond donors (Lipinski definition) is 2. The Morgan fingerprint density at radius 2 is 1.65 bits per heavy atom. The fourth-order valence-corrected chi connectivity index (χ4v) is 2.76. The van der Waals surface area contributed by atoms with Gasteiger partial charge in [0.15, 0.2) is 12.4 Å². The summed E-state index contributed by atoms with van der Waals surface area (Å²) < 4.78 is 15.7. The van der Waals surface area contributed by atoms with E-state index in [1.807, 2.05) is 0 Å². The highest BCUT2D eigenvalue weighted by atomic mass is 16.5. The molecule has 0 aliphatic rings. The van der Waals surface area contributed by atoms with E-state index >= 15 is 0 Å². The zero-order valence-corrected chi connectivity index (χ0v) is 16.5. The van der Waals surface area contributed by atoms with E-state index < -0.39 is 0 Å². The standard InChI is InChI=1S/C22H18N4O5/c1-14-23-20(26-31-14)13-30-18-6-3-2-5-17(18)21(27)24-15-8-10-16(11-9-15)25-22(28)19-7-4-12-29-19/h2-12H,13H2,1H3,(H,24,27)(H,25,28). The molecule has 156 valence electrons. The summed E-state index contributed by atoms with van der Waals surface area (Å²) in [5.41, 5.74) is 1.49. The fraction of sp³-hybridized carbons (Fsp3) is 0.0909. The maximum atomic E-state index is 12.7. The molecule has 2 aromatic carbocycles. The van der Waals surface area contributed by atoms with Gasteiger partial charge in [-0.2, -0.15) is 4.98 Å². The van der Waals surface area contributed by atoms with Crippen LogP contribution in [0.4, 0.5) is 11.4 Å². The van der Waals surface area contributed by atoms with Crippen molar-refractivity contribution >= 4 is 23.2 Å². The monoisotopic (exact) mass is 418 g/mol. The zero-order valence-electron chi connectivity index (χ0n) is 16.5. The van der Waals surface area contributed by atoms with Gasteiger partial charge < -0.3 is 24.3 Å². The van der Waals surface area contributed by atoms with Crippen molar-refractivity contribution in [2.24, 2.45) is 0 Å². The second kappa shape index (κ2) is 8.95. The Morgan fingerprint density at radius 3 is 2.29 bits per heavy atom. The molecule has 0 unspecified atom stereocenters. The Bertz CT molecular complexity index is 1180. The first kappa shape index (κ1) is 19.9. The van der Waals surface area contributed by atoms with Gasteiger partial charge in [-0.1, -0.05) is 17.3 Å². The van der Waals surface area contributed by atoms with Crippen LogP contribution in [0.3, 0.4) is 0 Å². The largest absolute Gasteiger partial charge is 0.485 e. The van der Waals surface area contributed by atoms with Crippen LogP contribution in [0.15, 0.2) is 75.9 Å². The number of aryl methyl sites for hydroxylation is 1. The third-order valence-electron chi connectivity index (χ3n) is 4.20. The highest BCUT2D eigenvalue weighted by Crippen LogP contribution is 2.22. The van der Waals surface area contributed by atoms with Gasteiger partial charge in [0.1, 0.15) is 5.75 Å². The molecule has 0 saturated carbocycles. The molecule has 0 bridgehead atoms. The minimum Gasteiger partial charge on any atom is -0.485 e. The van der Waals surface area contributed by atoms with Crippen molar-refractivity contribution in [2.45, 2.75) is 13.5 Å². The first-order valence-corrected chi connectivity index (χ1v) is 9.36. The van der Waals surface area contributed by atoms with Crippen LogP contribution in [0.2, 0.25) is 0 Å². The van der Waals surface area contributed by atoms with E-state index in [-0.39, 0.29) is 24.2 Å². The van der Waals surface area contributed by atoms with E-state index in [1.54, 1.807) is 67.6 Å². The SMILES string of the molecule is Cc1nc(COc2ccccc2C(=O)Nc2ccc(NC(=O)c3ccco3)cc2)no1. The Balaban J connectivity index is 1.39. The number of anilines is 2. The molecule has 0 saturated heterocycles. The van der Waals surface area contributed by atoms with E-state index in [4.69, 9.17) is 13.7 Å². The highest BCUT2D eigenvalue weighted by molar-refractivity contribution is 6.06. The van der Waals surface area contributed by atoms with Gasteiger partial charge in [0, 0.05) is 18.3 Å². The predicted molar refractivity (Wildman–Crippen MR) is 111 cm³/mol. The van der Waals surface area contributed by atoms with Crippen molar-refractivity contribution in [1.82, 2.24) is 10.1 Å². The lowest BCUT2D eigenvalue weighted by Crippen LogP contribution is -2.14. The number of furan rings is 1. The minimum atomic E-state index is -0.357. The highest BCUT2D eigenvalue weighted by Gasteiger charge is 2.14. The third-order valence-corrected chi connectivity index (χ3v) is 4.20. The van der Waals surface area contributed by atoms with Gasteiger partial charge in [-0.15, -0.1) is 0 Å². The lowest BCUT2D eigenvalue weighted by Gasteiger charge is -2.11. The van der Waals surface area contributed by atoms with Crippen LogP contribution in [-0.4, -0.2) is 22.0 Å².